The Kier molecular flexibility index (Phi) is 13.6. The third-order valence-corrected chi connectivity index (χ3v) is 4.19. The number of ether oxygens (including phenoxy) is 3. The minimum absolute atomic E-state index is 0.174. The zero-order valence-corrected chi connectivity index (χ0v) is 17.7. The molecule has 0 aromatic heterocycles. The smallest absolute Gasteiger partial charge is 0.303 e. The number of nitrogens with one attached hydrogen (secondary N) is 2. The lowest BCUT2D eigenvalue weighted by Crippen LogP contribution is -2.63. The van der Waals surface area contributed by atoms with Crippen LogP contribution in [-0.4, -0.2) is 74.0 Å². The summed E-state index contributed by atoms with van der Waals surface area (Å²) in [5, 5.41) is 14.0. The van der Waals surface area contributed by atoms with Gasteiger partial charge in [-0.15, -0.1) is 0 Å². The summed E-state index contributed by atoms with van der Waals surface area (Å²) in [7, 11) is 0. The number of hydrogen-bond donors (Lipinski definition) is 3. The van der Waals surface area contributed by atoms with E-state index in [1.165, 1.54) is 20.8 Å². The predicted octanol–water partition coefficient (Wildman–Crippen LogP) is 0.485. The maximum absolute atomic E-state index is 10.6. The minimum atomic E-state index is -0.745. The lowest BCUT2D eigenvalue weighted by Gasteiger charge is -2.41. The minimum Gasteiger partial charge on any atom is -0.481 e. The Morgan fingerprint density at radius 1 is 0.966 bits per heavy atom. The van der Waals surface area contributed by atoms with Crippen molar-refractivity contribution in [2.75, 3.05) is 39.5 Å². The average Bonchev–Trinajstić information content (AvgIpc) is 3.13. The van der Waals surface area contributed by atoms with Crippen LogP contribution in [0.5, 0.6) is 0 Å². The Bertz CT molecular complexity index is 508. The van der Waals surface area contributed by atoms with Crippen LogP contribution in [0.4, 0.5) is 0 Å². The average molecular weight is 418 g/mol. The summed E-state index contributed by atoms with van der Waals surface area (Å²) in [6.07, 6.45) is 2.21. The SMILES string of the molecule is CC(=O)OCC1(COC(C)=O)CCN1.CC(=O)OCC1CCNC1.CCC(=O)O. The van der Waals surface area contributed by atoms with E-state index in [0.717, 1.165) is 32.5 Å². The molecule has 10 heteroatoms. The molecular formula is C19H34N2O8. The Morgan fingerprint density at radius 3 is 1.72 bits per heavy atom. The highest BCUT2D eigenvalue weighted by molar-refractivity contribution is 5.67. The fourth-order valence-corrected chi connectivity index (χ4v) is 2.34. The Hall–Kier alpha value is -2.20. The van der Waals surface area contributed by atoms with Crippen molar-refractivity contribution in [3.05, 3.63) is 0 Å². The number of rotatable bonds is 7. The van der Waals surface area contributed by atoms with E-state index in [4.69, 9.17) is 19.3 Å². The molecule has 10 nitrogen and oxygen atoms in total. The van der Waals surface area contributed by atoms with Crippen molar-refractivity contribution in [3.63, 3.8) is 0 Å². The molecule has 0 saturated carbocycles. The van der Waals surface area contributed by atoms with E-state index < -0.39 is 5.97 Å². The van der Waals surface area contributed by atoms with Crippen LogP contribution in [0.15, 0.2) is 0 Å². The molecule has 2 aliphatic heterocycles. The summed E-state index contributed by atoms with van der Waals surface area (Å²) in [6.45, 7) is 9.79. The van der Waals surface area contributed by atoms with Crippen molar-refractivity contribution in [2.45, 2.75) is 52.5 Å². The molecule has 0 aromatic carbocycles. The summed E-state index contributed by atoms with van der Waals surface area (Å²) in [6, 6.07) is 0. The van der Waals surface area contributed by atoms with Crippen LogP contribution in [0.25, 0.3) is 0 Å². The fourth-order valence-electron chi connectivity index (χ4n) is 2.34. The van der Waals surface area contributed by atoms with Gasteiger partial charge in [-0.2, -0.15) is 0 Å². The number of hydrogen-bond acceptors (Lipinski definition) is 9. The first-order valence-electron chi connectivity index (χ1n) is 9.68. The third kappa shape index (κ3) is 14.5. The number of carboxylic acid groups (broad SMARTS) is 1. The van der Waals surface area contributed by atoms with Crippen molar-refractivity contribution < 1.29 is 38.5 Å². The summed E-state index contributed by atoms with van der Waals surface area (Å²) in [4.78, 5) is 40.9. The molecule has 29 heavy (non-hydrogen) atoms. The standard InChI is InChI=1S/C9H15NO4.C7H13NO2.C3H6O2/c1-7(11)13-5-9(3-4-10-9)6-14-8(2)12;1-6(9)10-5-7-2-3-8-4-7;1-2-3(4)5/h10H,3-6H2,1-2H3;7-8H,2-5H2,1H3;2H2,1H3,(H,4,5). The molecule has 2 saturated heterocycles. The fraction of sp³-hybridized carbons (Fsp3) is 0.789. The van der Waals surface area contributed by atoms with Crippen molar-refractivity contribution >= 4 is 23.9 Å². The highest BCUT2D eigenvalue weighted by Crippen LogP contribution is 2.19. The van der Waals surface area contributed by atoms with Crippen LogP contribution in [0, 0.1) is 5.92 Å². The van der Waals surface area contributed by atoms with Gasteiger partial charge in [0, 0.05) is 39.7 Å². The van der Waals surface area contributed by atoms with Crippen molar-refractivity contribution in [1.82, 2.24) is 10.6 Å². The van der Waals surface area contributed by atoms with Gasteiger partial charge >= 0.3 is 23.9 Å². The number of aliphatic carboxylic acids is 1. The second kappa shape index (κ2) is 14.7. The normalized spacial score (nSPS) is 18.6. The van der Waals surface area contributed by atoms with Crippen LogP contribution in [0.3, 0.4) is 0 Å². The molecule has 0 bridgehead atoms. The molecule has 1 atom stereocenters. The van der Waals surface area contributed by atoms with Gasteiger partial charge in [0.1, 0.15) is 13.2 Å². The lowest BCUT2D eigenvalue weighted by atomic mass is 9.90. The van der Waals surface area contributed by atoms with Crippen molar-refractivity contribution in [2.24, 2.45) is 5.92 Å². The number of carbonyl (C=O) groups is 4. The van der Waals surface area contributed by atoms with Gasteiger partial charge in [0.2, 0.25) is 0 Å². The monoisotopic (exact) mass is 418 g/mol. The summed E-state index contributed by atoms with van der Waals surface area (Å²) in [5.41, 5.74) is -0.350. The quantitative estimate of drug-likeness (QED) is 0.395. The van der Waals surface area contributed by atoms with Gasteiger partial charge < -0.3 is 30.0 Å². The van der Waals surface area contributed by atoms with Gasteiger partial charge in [0.05, 0.1) is 12.1 Å². The molecule has 168 valence electrons. The maximum atomic E-state index is 10.6. The van der Waals surface area contributed by atoms with E-state index >= 15 is 0 Å². The Balaban J connectivity index is 0.000000455. The molecule has 0 aliphatic carbocycles. The van der Waals surface area contributed by atoms with Gasteiger partial charge in [0.15, 0.2) is 0 Å². The number of carboxylic acids is 1. The Morgan fingerprint density at radius 2 is 1.45 bits per heavy atom. The third-order valence-electron chi connectivity index (χ3n) is 4.19. The molecule has 2 heterocycles. The Labute approximate surface area is 171 Å². The summed E-state index contributed by atoms with van der Waals surface area (Å²) >= 11 is 0. The zero-order valence-electron chi connectivity index (χ0n) is 17.7. The van der Waals surface area contributed by atoms with Gasteiger partial charge in [-0.25, -0.2) is 0 Å². The lowest BCUT2D eigenvalue weighted by molar-refractivity contribution is -0.151. The summed E-state index contributed by atoms with van der Waals surface area (Å²) in [5.74, 6) is -1.01. The van der Waals surface area contributed by atoms with E-state index in [1.54, 1.807) is 6.92 Å². The first-order chi connectivity index (χ1) is 13.6. The molecule has 3 N–H and O–H groups in total. The molecule has 0 aromatic rings. The molecule has 2 fully saturated rings. The predicted molar refractivity (Wildman–Crippen MR) is 104 cm³/mol. The van der Waals surface area contributed by atoms with E-state index in [0.29, 0.717) is 12.5 Å². The van der Waals surface area contributed by atoms with E-state index in [1.807, 2.05) is 0 Å². The second-order valence-corrected chi connectivity index (χ2v) is 6.93. The first kappa shape index (κ1) is 26.8. The van der Waals surface area contributed by atoms with Gasteiger partial charge in [-0.05, 0) is 25.9 Å². The van der Waals surface area contributed by atoms with E-state index in [2.05, 4.69) is 10.6 Å². The maximum Gasteiger partial charge on any atom is 0.303 e. The second-order valence-electron chi connectivity index (χ2n) is 6.93. The highest BCUT2D eigenvalue weighted by atomic mass is 16.5. The van der Waals surface area contributed by atoms with Crippen molar-refractivity contribution in [1.29, 1.82) is 0 Å². The molecule has 0 radical (unpaired) electrons. The van der Waals surface area contributed by atoms with Crippen LogP contribution in [0.1, 0.15) is 47.0 Å². The van der Waals surface area contributed by atoms with Crippen molar-refractivity contribution in [3.8, 4) is 0 Å². The first-order valence-corrected chi connectivity index (χ1v) is 9.68. The molecule has 0 spiro atoms. The number of esters is 3. The van der Waals surface area contributed by atoms with Crippen LogP contribution < -0.4 is 10.6 Å². The van der Waals surface area contributed by atoms with Crippen LogP contribution in [0.2, 0.25) is 0 Å². The van der Waals surface area contributed by atoms with Gasteiger partial charge in [0.25, 0.3) is 0 Å². The highest BCUT2D eigenvalue weighted by Gasteiger charge is 2.39. The van der Waals surface area contributed by atoms with Gasteiger partial charge in [-0.1, -0.05) is 6.92 Å². The molecule has 2 aliphatic rings. The molecule has 0 amide bonds. The molecular weight excluding hydrogens is 384 g/mol. The van der Waals surface area contributed by atoms with E-state index in [9.17, 15) is 19.2 Å². The van der Waals surface area contributed by atoms with Crippen LogP contribution in [-0.2, 0) is 33.4 Å². The summed E-state index contributed by atoms with van der Waals surface area (Å²) < 4.78 is 14.6. The van der Waals surface area contributed by atoms with Crippen LogP contribution >= 0.6 is 0 Å². The van der Waals surface area contributed by atoms with E-state index in [-0.39, 0.29) is 43.1 Å². The largest absolute Gasteiger partial charge is 0.481 e. The van der Waals surface area contributed by atoms with Gasteiger partial charge in [-0.3, -0.25) is 19.2 Å². The number of carbonyl (C=O) groups excluding carboxylic acids is 3. The zero-order chi connectivity index (χ0) is 22.3. The topological polar surface area (TPSA) is 140 Å². The molecule has 2 rings (SSSR count). The molecule has 1 unspecified atom stereocenters.